The maximum Gasteiger partial charge on any atom is 0.326 e. The van der Waals surface area contributed by atoms with Gasteiger partial charge < -0.3 is 15.4 Å². The van der Waals surface area contributed by atoms with Crippen LogP contribution in [0.3, 0.4) is 0 Å². The van der Waals surface area contributed by atoms with Gasteiger partial charge in [0.05, 0.1) is 7.11 Å². The van der Waals surface area contributed by atoms with Crippen molar-refractivity contribution in [3.8, 4) is 5.75 Å². The van der Waals surface area contributed by atoms with E-state index in [0.717, 1.165) is 0 Å². The first-order chi connectivity index (χ1) is 15.0. The Morgan fingerprint density at radius 1 is 0.968 bits per heavy atom. The summed E-state index contributed by atoms with van der Waals surface area (Å²) in [6.45, 7) is 0.363. The topological polar surface area (TPSA) is 70.7 Å². The molecule has 2 N–H and O–H groups in total. The van der Waals surface area contributed by atoms with Gasteiger partial charge in [-0.25, -0.2) is 9.18 Å². The molecule has 8 heteroatoms. The third-order valence-corrected chi connectivity index (χ3v) is 4.70. The summed E-state index contributed by atoms with van der Waals surface area (Å²) >= 11 is 5.84. The van der Waals surface area contributed by atoms with Gasteiger partial charge in [-0.15, -0.1) is 0 Å². The molecular weight excluding hydrogens is 421 g/mol. The summed E-state index contributed by atoms with van der Waals surface area (Å²) in [5.41, 5.74) is 1.52. The molecule has 3 amide bonds. The molecule has 6 nitrogen and oxygen atoms in total. The Bertz CT molecular complexity index is 1030. The highest BCUT2D eigenvalue weighted by Crippen LogP contribution is 2.19. The van der Waals surface area contributed by atoms with Gasteiger partial charge in [-0.2, -0.15) is 0 Å². The molecule has 0 aliphatic carbocycles. The summed E-state index contributed by atoms with van der Waals surface area (Å²) in [6, 6.07) is 18.5. The number of anilines is 2. The van der Waals surface area contributed by atoms with Crippen molar-refractivity contribution in [2.24, 2.45) is 0 Å². The molecule has 0 heterocycles. The van der Waals surface area contributed by atoms with Crippen molar-refractivity contribution in [3.05, 3.63) is 89.2 Å². The van der Waals surface area contributed by atoms with Gasteiger partial charge in [0.15, 0.2) is 0 Å². The van der Waals surface area contributed by atoms with E-state index in [1.807, 2.05) is 0 Å². The van der Waals surface area contributed by atoms with Crippen molar-refractivity contribution < 1.29 is 18.7 Å². The molecular formula is C23H21ClFN3O3. The SMILES string of the molecule is COc1ccc(NC(=O)N(CCNC(=O)c2ccc(Cl)cc2)c2ccc(F)cc2)cc1. The van der Waals surface area contributed by atoms with E-state index < -0.39 is 11.8 Å². The molecule has 0 atom stereocenters. The standard InChI is InChI=1S/C23H21ClFN3O3/c1-31-21-12-8-19(9-13-21)27-23(30)28(20-10-6-18(25)7-11-20)15-14-26-22(29)16-2-4-17(24)5-3-16/h2-13H,14-15H2,1H3,(H,26,29)(H,27,30). The van der Waals surface area contributed by atoms with Gasteiger partial charge in [0, 0.05) is 35.1 Å². The van der Waals surface area contributed by atoms with E-state index in [9.17, 15) is 14.0 Å². The van der Waals surface area contributed by atoms with Crippen molar-refractivity contribution >= 4 is 34.9 Å². The Morgan fingerprint density at radius 2 is 1.61 bits per heavy atom. The number of benzene rings is 3. The van der Waals surface area contributed by atoms with E-state index in [4.69, 9.17) is 16.3 Å². The predicted molar refractivity (Wildman–Crippen MR) is 120 cm³/mol. The quantitative estimate of drug-likeness (QED) is 0.544. The molecule has 3 rings (SSSR count). The Morgan fingerprint density at radius 3 is 2.23 bits per heavy atom. The summed E-state index contributed by atoms with van der Waals surface area (Å²) in [6.07, 6.45) is 0. The first-order valence-corrected chi connectivity index (χ1v) is 9.86. The van der Waals surface area contributed by atoms with Crippen LogP contribution in [0.25, 0.3) is 0 Å². The summed E-state index contributed by atoms with van der Waals surface area (Å²) in [7, 11) is 1.56. The van der Waals surface area contributed by atoms with E-state index in [1.54, 1.807) is 55.6 Å². The minimum absolute atomic E-state index is 0.174. The van der Waals surface area contributed by atoms with E-state index in [2.05, 4.69) is 10.6 Å². The molecule has 3 aromatic carbocycles. The largest absolute Gasteiger partial charge is 0.497 e. The molecule has 0 aliphatic heterocycles. The van der Waals surface area contributed by atoms with Gasteiger partial charge in [-0.3, -0.25) is 9.69 Å². The number of methoxy groups -OCH3 is 1. The highest BCUT2D eigenvalue weighted by Gasteiger charge is 2.17. The van der Waals surface area contributed by atoms with Crippen LogP contribution in [-0.2, 0) is 0 Å². The number of halogens is 2. The van der Waals surface area contributed by atoms with Crippen LogP contribution in [0.5, 0.6) is 5.75 Å². The number of rotatable bonds is 7. The predicted octanol–water partition coefficient (Wildman–Crippen LogP) is 4.96. The highest BCUT2D eigenvalue weighted by molar-refractivity contribution is 6.30. The lowest BCUT2D eigenvalue weighted by Gasteiger charge is -2.23. The van der Waals surface area contributed by atoms with Gasteiger partial charge in [0.1, 0.15) is 11.6 Å². The smallest absolute Gasteiger partial charge is 0.326 e. The van der Waals surface area contributed by atoms with Crippen LogP contribution >= 0.6 is 11.6 Å². The number of carbonyl (C=O) groups is 2. The third kappa shape index (κ3) is 6.20. The zero-order chi connectivity index (χ0) is 22.2. The summed E-state index contributed by atoms with van der Waals surface area (Å²) in [5.74, 6) is -0.0279. The lowest BCUT2D eigenvalue weighted by molar-refractivity contribution is 0.0954. The van der Waals surface area contributed by atoms with E-state index >= 15 is 0 Å². The van der Waals surface area contributed by atoms with Crippen molar-refractivity contribution in [1.82, 2.24) is 5.32 Å². The molecule has 0 fully saturated rings. The second kappa shape index (κ2) is 10.4. The first-order valence-electron chi connectivity index (χ1n) is 9.48. The Labute approximate surface area is 184 Å². The van der Waals surface area contributed by atoms with Crippen LogP contribution in [0, 0.1) is 5.82 Å². The molecule has 160 valence electrons. The van der Waals surface area contributed by atoms with Crippen molar-refractivity contribution in [1.29, 1.82) is 0 Å². The number of hydrogen-bond donors (Lipinski definition) is 2. The van der Waals surface area contributed by atoms with Gasteiger partial charge in [0.25, 0.3) is 5.91 Å². The maximum atomic E-state index is 13.3. The number of amides is 3. The molecule has 0 bridgehead atoms. The number of nitrogens with zero attached hydrogens (tertiary/aromatic N) is 1. The summed E-state index contributed by atoms with van der Waals surface area (Å²) < 4.78 is 18.5. The number of ether oxygens (including phenoxy) is 1. The molecule has 0 spiro atoms. The Kier molecular flexibility index (Phi) is 7.45. The normalized spacial score (nSPS) is 10.3. The van der Waals surface area contributed by atoms with Crippen LogP contribution in [0.1, 0.15) is 10.4 Å². The second-order valence-electron chi connectivity index (χ2n) is 6.55. The maximum absolute atomic E-state index is 13.3. The average Bonchev–Trinajstić information content (AvgIpc) is 2.78. The molecule has 0 aliphatic rings. The van der Waals surface area contributed by atoms with Gasteiger partial charge >= 0.3 is 6.03 Å². The Balaban J connectivity index is 1.68. The van der Waals surface area contributed by atoms with Gasteiger partial charge in [-0.05, 0) is 72.8 Å². The van der Waals surface area contributed by atoms with Gasteiger partial charge in [0.2, 0.25) is 0 Å². The average molecular weight is 442 g/mol. The Hall–Kier alpha value is -3.58. The van der Waals surface area contributed by atoms with Crippen LogP contribution in [0.15, 0.2) is 72.8 Å². The van der Waals surface area contributed by atoms with Crippen molar-refractivity contribution in [2.45, 2.75) is 0 Å². The molecule has 0 saturated carbocycles. The first kappa shape index (κ1) is 22.1. The third-order valence-electron chi connectivity index (χ3n) is 4.45. The monoisotopic (exact) mass is 441 g/mol. The lowest BCUT2D eigenvalue weighted by atomic mass is 10.2. The molecule has 0 radical (unpaired) electrons. The van der Waals surface area contributed by atoms with Gasteiger partial charge in [-0.1, -0.05) is 11.6 Å². The molecule has 0 unspecified atom stereocenters. The fourth-order valence-electron chi connectivity index (χ4n) is 2.82. The van der Waals surface area contributed by atoms with Crippen molar-refractivity contribution in [3.63, 3.8) is 0 Å². The van der Waals surface area contributed by atoms with E-state index in [0.29, 0.717) is 27.7 Å². The van der Waals surface area contributed by atoms with Crippen LogP contribution in [0.4, 0.5) is 20.6 Å². The minimum atomic E-state index is -0.419. The van der Waals surface area contributed by atoms with Crippen molar-refractivity contribution in [2.75, 3.05) is 30.4 Å². The molecule has 31 heavy (non-hydrogen) atoms. The zero-order valence-corrected chi connectivity index (χ0v) is 17.5. The summed E-state index contributed by atoms with van der Waals surface area (Å²) in [4.78, 5) is 26.6. The van der Waals surface area contributed by atoms with Crippen LogP contribution in [-0.4, -0.2) is 32.1 Å². The van der Waals surface area contributed by atoms with E-state index in [-0.39, 0.29) is 19.0 Å². The number of urea groups is 1. The van der Waals surface area contributed by atoms with Crippen LogP contribution in [0.2, 0.25) is 5.02 Å². The fraction of sp³-hybridized carbons (Fsp3) is 0.130. The molecule has 0 aromatic heterocycles. The second-order valence-corrected chi connectivity index (χ2v) is 6.99. The zero-order valence-electron chi connectivity index (χ0n) is 16.8. The number of hydrogen-bond acceptors (Lipinski definition) is 3. The number of nitrogens with one attached hydrogen (secondary N) is 2. The fourth-order valence-corrected chi connectivity index (χ4v) is 2.94. The highest BCUT2D eigenvalue weighted by atomic mass is 35.5. The number of carbonyl (C=O) groups excluding carboxylic acids is 2. The molecule has 0 saturated heterocycles. The molecule has 3 aromatic rings. The van der Waals surface area contributed by atoms with Crippen LogP contribution < -0.4 is 20.3 Å². The van der Waals surface area contributed by atoms with E-state index in [1.165, 1.54) is 29.2 Å². The summed E-state index contributed by atoms with van der Waals surface area (Å²) in [5, 5.41) is 6.10. The minimum Gasteiger partial charge on any atom is -0.497 e. The lowest BCUT2D eigenvalue weighted by Crippen LogP contribution is -2.41.